The molecule has 0 radical (unpaired) electrons. The molecule has 7 nitrogen and oxygen atoms in total. The van der Waals surface area contributed by atoms with E-state index < -0.39 is 16.0 Å². The topological polar surface area (TPSA) is 112 Å². The van der Waals surface area contributed by atoms with Gasteiger partial charge >= 0.3 is 5.97 Å². The van der Waals surface area contributed by atoms with E-state index in [2.05, 4.69) is 10.8 Å². The largest absolute Gasteiger partial charge is 0.481 e. The molecule has 0 spiro atoms. The Morgan fingerprint density at radius 1 is 1.28 bits per heavy atom. The van der Waals surface area contributed by atoms with Gasteiger partial charge in [-0.05, 0) is 55.8 Å². The number of nitrogens with one attached hydrogen (secondary N) is 1. The molecule has 0 aliphatic rings. The summed E-state index contributed by atoms with van der Waals surface area (Å²) in [5.41, 5.74) is 3.23. The van der Waals surface area contributed by atoms with Gasteiger partial charge in [0, 0.05) is 27.4 Å². The Morgan fingerprint density at radius 2 is 1.97 bits per heavy atom. The molecule has 0 amide bonds. The molecule has 0 unspecified atom stereocenters. The molecule has 3 aromatic rings. The van der Waals surface area contributed by atoms with E-state index in [1.807, 2.05) is 6.92 Å². The molecular weight excluding hydrogens is 410 g/mol. The molecule has 0 fully saturated rings. The van der Waals surface area contributed by atoms with Gasteiger partial charge in [0.1, 0.15) is 0 Å². The number of anilines is 1. The molecule has 3 rings (SSSR count). The normalized spacial score (nSPS) is 11.3. The molecule has 150 valence electrons. The summed E-state index contributed by atoms with van der Waals surface area (Å²) in [6.45, 7) is 3.43. The first-order valence-corrected chi connectivity index (χ1v) is 11.2. The lowest BCUT2D eigenvalue weighted by Crippen LogP contribution is -2.14. The average molecular weight is 430 g/mol. The summed E-state index contributed by atoms with van der Waals surface area (Å²) in [5.74, 6) is -0.937. The van der Waals surface area contributed by atoms with Crippen LogP contribution in [0.4, 0.5) is 5.69 Å². The molecule has 0 aliphatic carbocycles. The monoisotopic (exact) mass is 429 g/mol. The Bertz CT molecular complexity index is 1220. The predicted octanol–water partition coefficient (Wildman–Crippen LogP) is 3.66. The number of carbonyl (C=O) groups is 1. The number of carboxylic acids is 1. The lowest BCUT2D eigenvalue weighted by molar-refractivity contribution is -0.136. The third-order valence-electron chi connectivity index (χ3n) is 4.43. The Hall–Kier alpha value is -2.96. The van der Waals surface area contributed by atoms with Crippen molar-refractivity contribution < 1.29 is 18.3 Å². The summed E-state index contributed by atoms with van der Waals surface area (Å²) < 4.78 is 27.7. The minimum Gasteiger partial charge on any atom is -0.481 e. The first-order valence-electron chi connectivity index (χ1n) is 8.78. The van der Waals surface area contributed by atoms with Crippen LogP contribution >= 0.6 is 11.8 Å². The van der Waals surface area contributed by atoms with E-state index in [9.17, 15) is 23.6 Å². The van der Waals surface area contributed by atoms with Gasteiger partial charge in [-0.25, -0.2) is 8.42 Å². The first-order chi connectivity index (χ1) is 13.7. The second kappa shape index (κ2) is 8.19. The lowest BCUT2D eigenvalue weighted by Gasteiger charge is -2.07. The molecule has 1 aromatic carbocycles. The fourth-order valence-corrected chi connectivity index (χ4v) is 4.61. The zero-order valence-corrected chi connectivity index (χ0v) is 17.5. The number of sulfonamides is 1. The fraction of sp³-hybridized carbons (Fsp3) is 0.200. The van der Waals surface area contributed by atoms with Crippen LogP contribution < -0.4 is 4.72 Å². The van der Waals surface area contributed by atoms with Crippen LogP contribution in [0.3, 0.4) is 0 Å². The minimum atomic E-state index is -3.34. The van der Waals surface area contributed by atoms with Crippen LogP contribution in [0.2, 0.25) is 0 Å². The van der Waals surface area contributed by atoms with Crippen molar-refractivity contribution in [1.82, 2.24) is 4.40 Å². The molecule has 9 heteroatoms. The Morgan fingerprint density at radius 3 is 2.55 bits per heavy atom. The van der Waals surface area contributed by atoms with Gasteiger partial charge in [-0.3, -0.25) is 9.52 Å². The maximum absolute atomic E-state index is 11.7. The molecule has 2 aromatic heterocycles. The quantitative estimate of drug-likeness (QED) is 0.593. The van der Waals surface area contributed by atoms with Gasteiger partial charge < -0.3 is 9.51 Å². The molecule has 0 atom stereocenters. The number of aliphatic carboxylic acids is 1. The van der Waals surface area contributed by atoms with Crippen LogP contribution in [0.1, 0.15) is 23.7 Å². The van der Waals surface area contributed by atoms with Crippen molar-refractivity contribution in [2.75, 3.05) is 10.5 Å². The lowest BCUT2D eigenvalue weighted by atomic mass is 10.2. The molecule has 0 aliphatic heterocycles. The number of nitrogens with zero attached hydrogens (tertiary/aromatic N) is 2. The van der Waals surface area contributed by atoms with Crippen LogP contribution in [-0.2, 0) is 21.2 Å². The Labute approximate surface area is 173 Å². The van der Waals surface area contributed by atoms with E-state index >= 15 is 0 Å². The number of aromatic nitrogens is 1. The Kier molecular flexibility index (Phi) is 5.86. The van der Waals surface area contributed by atoms with Crippen molar-refractivity contribution in [3.63, 3.8) is 0 Å². The maximum atomic E-state index is 11.7. The van der Waals surface area contributed by atoms with Crippen LogP contribution in [0.5, 0.6) is 0 Å². The standard InChI is InChI=1S/C20H19N3O4S2/c1-3-29(26,27)22-15-4-6-16(7-5-15)28-20-13(2)17(11-19(24)25)23-9-8-14(12-21)10-18(20)23/h4-10,22H,3,11H2,1-2H3,(H,24,25). The number of rotatable bonds is 7. The van der Waals surface area contributed by atoms with E-state index in [-0.39, 0.29) is 12.2 Å². The van der Waals surface area contributed by atoms with Crippen molar-refractivity contribution in [1.29, 1.82) is 5.26 Å². The van der Waals surface area contributed by atoms with Gasteiger partial charge in [0.05, 0.1) is 29.3 Å². The molecule has 0 bridgehead atoms. The minimum absolute atomic E-state index is 0.00694. The van der Waals surface area contributed by atoms with Gasteiger partial charge in [-0.1, -0.05) is 11.8 Å². The second-order valence-electron chi connectivity index (χ2n) is 6.39. The van der Waals surface area contributed by atoms with Crippen molar-refractivity contribution in [3.8, 4) is 6.07 Å². The smallest absolute Gasteiger partial charge is 0.309 e. The molecule has 0 saturated carbocycles. The number of nitriles is 1. The van der Waals surface area contributed by atoms with Crippen molar-refractivity contribution in [2.24, 2.45) is 0 Å². The van der Waals surface area contributed by atoms with Crippen molar-refractivity contribution in [2.45, 2.75) is 30.1 Å². The van der Waals surface area contributed by atoms with Crippen LogP contribution in [0.15, 0.2) is 52.4 Å². The Balaban J connectivity index is 2.00. The first kappa shape index (κ1) is 20.8. The summed E-state index contributed by atoms with van der Waals surface area (Å²) in [6.07, 6.45) is 1.59. The number of pyridine rings is 1. The van der Waals surface area contributed by atoms with Gasteiger partial charge in [-0.2, -0.15) is 5.26 Å². The summed E-state index contributed by atoms with van der Waals surface area (Å²) in [5, 5.41) is 18.5. The molecule has 29 heavy (non-hydrogen) atoms. The molecular formula is C20H19N3O4S2. The highest BCUT2D eigenvalue weighted by Gasteiger charge is 2.18. The second-order valence-corrected chi connectivity index (χ2v) is 9.48. The SMILES string of the molecule is CCS(=O)(=O)Nc1ccc(Sc2c(C)c(CC(=O)O)n3ccc(C#N)cc23)cc1. The van der Waals surface area contributed by atoms with E-state index in [1.165, 1.54) is 11.8 Å². The summed E-state index contributed by atoms with van der Waals surface area (Å²) >= 11 is 1.44. The van der Waals surface area contributed by atoms with E-state index in [0.29, 0.717) is 16.9 Å². The zero-order chi connectivity index (χ0) is 21.2. The molecule has 2 heterocycles. The summed E-state index contributed by atoms with van der Waals surface area (Å²) in [7, 11) is -3.34. The van der Waals surface area contributed by atoms with Crippen LogP contribution in [-0.4, -0.2) is 29.6 Å². The van der Waals surface area contributed by atoms with Crippen LogP contribution in [0.25, 0.3) is 5.52 Å². The highest BCUT2D eigenvalue weighted by atomic mass is 32.2. The summed E-state index contributed by atoms with van der Waals surface area (Å²) in [4.78, 5) is 13.0. The molecule has 0 saturated heterocycles. The third kappa shape index (κ3) is 4.55. The van der Waals surface area contributed by atoms with Gasteiger partial charge in [0.25, 0.3) is 0 Å². The predicted molar refractivity (Wildman–Crippen MR) is 112 cm³/mol. The van der Waals surface area contributed by atoms with Crippen LogP contribution in [0, 0.1) is 18.3 Å². The maximum Gasteiger partial charge on any atom is 0.309 e. The number of carboxylic acid groups (broad SMARTS) is 1. The summed E-state index contributed by atoms with van der Waals surface area (Å²) in [6, 6.07) is 12.5. The number of hydrogen-bond acceptors (Lipinski definition) is 5. The third-order valence-corrected chi connectivity index (χ3v) is 6.96. The fourth-order valence-electron chi connectivity index (χ4n) is 2.93. The van der Waals surface area contributed by atoms with E-state index in [1.54, 1.807) is 53.9 Å². The van der Waals surface area contributed by atoms with Gasteiger partial charge in [0.15, 0.2) is 0 Å². The van der Waals surface area contributed by atoms with Crippen molar-refractivity contribution in [3.05, 3.63) is 59.4 Å². The van der Waals surface area contributed by atoms with E-state index in [4.69, 9.17) is 0 Å². The number of benzene rings is 1. The molecule has 2 N–H and O–H groups in total. The van der Waals surface area contributed by atoms with Gasteiger partial charge in [0.2, 0.25) is 10.0 Å². The average Bonchev–Trinajstić information content (AvgIpc) is 2.94. The highest BCUT2D eigenvalue weighted by Crippen LogP contribution is 2.38. The highest BCUT2D eigenvalue weighted by molar-refractivity contribution is 7.99. The number of fused-ring (bicyclic) bond motifs is 1. The van der Waals surface area contributed by atoms with Gasteiger partial charge in [-0.15, -0.1) is 0 Å². The van der Waals surface area contributed by atoms with E-state index in [0.717, 1.165) is 20.9 Å². The number of hydrogen-bond donors (Lipinski definition) is 2. The zero-order valence-electron chi connectivity index (χ0n) is 15.8. The van der Waals surface area contributed by atoms with Crippen molar-refractivity contribution >= 4 is 39.0 Å².